The number of piperidine rings is 1. The van der Waals surface area contributed by atoms with Crippen molar-refractivity contribution in [2.24, 2.45) is 34.0 Å². The van der Waals surface area contributed by atoms with Crippen LogP contribution in [0.25, 0.3) is 5.65 Å². The fourth-order valence-electron chi connectivity index (χ4n) is 9.31. The largest absolute Gasteiger partial charge is 0.481 e. The van der Waals surface area contributed by atoms with E-state index in [1.54, 1.807) is 0 Å². The molecule has 5 aliphatic rings. The molecule has 5 fully saturated rings. The number of carbonyl (C=O) groups is 2. The molecule has 7 nitrogen and oxygen atoms in total. The highest BCUT2D eigenvalue weighted by molar-refractivity contribution is 5.93. The maximum Gasteiger partial charge on any atom is 0.310 e. The summed E-state index contributed by atoms with van der Waals surface area (Å²) in [7, 11) is 0. The molecule has 1 aliphatic heterocycles. The number of hydrogen-bond donors (Lipinski definition) is 2. The summed E-state index contributed by atoms with van der Waals surface area (Å²) in [5.41, 5.74) is 2.51. The SMILES string of the molecule is CC1(C(=O)O)CCCN(Cc2cn3c(C(=O)NCC45CC6CC7CC(C4)C7(C6)C5)cccc3n2)C1. The molecule has 4 aliphatic carbocycles. The molecule has 186 valence electrons. The zero-order valence-electron chi connectivity index (χ0n) is 20.6. The van der Waals surface area contributed by atoms with Gasteiger partial charge in [-0.3, -0.25) is 18.9 Å². The number of carboxylic acids is 1. The Hall–Kier alpha value is -2.41. The van der Waals surface area contributed by atoms with E-state index in [9.17, 15) is 14.7 Å². The average Bonchev–Trinajstić information content (AvgIpc) is 3.37. The molecule has 6 unspecified atom stereocenters. The number of hydrogen-bond acceptors (Lipinski definition) is 4. The van der Waals surface area contributed by atoms with Crippen molar-refractivity contribution < 1.29 is 14.7 Å². The summed E-state index contributed by atoms with van der Waals surface area (Å²) in [5, 5.41) is 13.0. The van der Waals surface area contributed by atoms with E-state index in [1.807, 2.05) is 35.7 Å². The van der Waals surface area contributed by atoms with Gasteiger partial charge in [-0.1, -0.05) is 6.07 Å². The third-order valence-corrected chi connectivity index (χ3v) is 10.7. The number of likely N-dealkylation sites (tertiary alicyclic amines) is 1. The molecule has 1 saturated heterocycles. The van der Waals surface area contributed by atoms with Gasteiger partial charge in [0.25, 0.3) is 5.91 Å². The van der Waals surface area contributed by atoms with Crippen molar-refractivity contribution >= 4 is 17.5 Å². The first-order valence-corrected chi connectivity index (χ1v) is 13.5. The predicted molar refractivity (Wildman–Crippen MR) is 131 cm³/mol. The lowest BCUT2D eigenvalue weighted by atomic mass is 9.55. The normalized spacial score (nSPS) is 39.5. The summed E-state index contributed by atoms with van der Waals surface area (Å²) in [6.07, 6.45) is 11.8. The van der Waals surface area contributed by atoms with Gasteiger partial charge in [0.1, 0.15) is 11.3 Å². The van der Waals surface area contributed by atoms with Crippen LogP contribution in [0, 0.1) is 34.0 Å². The molecule has 7 heteroatoms. The molecule has 1 amide bonds. The van der Waals surface area contributed by atoms with Crippen molar-refractivity contribution in [3.05, 3.63) is 35.8 Å². The van der Waals surface area contributed by atoms with Gasteiger partial charge in [0.05, 0.1) is 11.1 Å². The number of imidazole rings is 1. The van der Waals surface area contributed by atoms with Crippen LogP contribution in [0.3, 0.4) is 0 Å². The monoisotopic (exact) mass is 476 g/mol. The van der Waals surface area contributed by atoms with Crippen LogP contribution in [-0.2, 0) is 11.3 Å². The fraction of sp³-hybridized carbons (Fsp3) is 0.679. The Labute approximate surface area is 206 Å². The number of fused-ring (bicyclic) bond motifs is 3. The van der Waals surface area contributed by atoms with Crippen LogP contribution in [0.15, 0.2) is 24.4 Å². The highest BCUT2D eigenvalue weighted by Gasteiger charge is 2.70. The maximum atomic E-state index is 13.4. The van der Waals surface area contributed by atoms with Crippen LogP contribution in [0.4, 0.5) is 0 Å². The van der Waals surface area contributed by atoms with Crippen molar-refractivity contribution in [3.63, 3.8) is 0 Å². The first-order chi connectivity index (χ1) is 16.8. The van der Waals surface area contributed by atoms with Gasteiger partial charge in [0.2, 0.25) is 0 Å². The van der Waals surface area contributed by atoms with Crippen molar-refractivity contribution in [2.45, 2.75) is 64.8 Å². The molecular formula is C28H36N4O3. The minimum absolute atomic E-state index is 0.0171. The van der Waals surface area contributed by atoms with E-state index in [0.29, 0.717) is 36.0 Å². The zero-order chi connectivity index (χ0) is 24.0. The lowest BCUT2D eigenvalue weighted by molar-refractivity contribution is -0.151. The number of carboxylic acid groups (broad SMARTS) is 1. The van der Waals surface area contributed by atoms with Crippen molar-refractivity contribution in [2.75, 3.05) is 19.6 Å². The van der Waals surface area contributed by atoms with Gasteiger partial charge >= 0.3 is 5.97 Å². The Morgan fingerprint density at radius 1 is 1.20 bits per heavy atom. The Bertz CT molecular complexity index is 1220. The Morgan fingerprint density at radius 3 is 2.94 bits per heavy atom. The summed E-state index contributed by atoms with van der Waals surface area (Å²) in [4.78, 5) is 32.0. The molecule has 3 bridgehead atoms. The number of rotatable bonds is 6. The lowest BCUT2D eigenvalue weighted by Crippen LogP contribution is -2.45. The van der Waals surface area contributed by atoms with Crippen LogP contribution in [-0.4, -0.2) is 50.9 Å². The third kappa shape index (κ3) is 3.23. The summed E-state index contributed by atoms with van der Waals surface area (Å²) >= 11 is 0. The summed E-state index contributed by atoms with van der Waals surface area (Å²) < 4.78 is 1.90. The van der Waals surface area contributed by atoms with Crippen LogP contribution in [0.2, 0.25) is 0 Å². The number of nitrogens with one attached hydrogen (secondary N) is 1. The molecule has 1 spiro atoms. The van der Waals surface area contributed by atoms with Crippen LogP contribution < -0.4 is 5.32 Å². The topological polar surface area (TPSA) is 86.9 Å². The molecular weight excluding hydrogens is 440 g/mol. The first-order valence-electron chi connectivity index (χ1n) is 13.5. The quantitative estimate of drug-likeness (QED) is 0.659. The van der Waals surface area contributed by atoms with E-state index < -0.39 is 11.4 Å². The maximum absolute atomic E-state index is 13.4. The second kappa shape index (κ2) is 7.31. The third-order valence-electron chi connectivity index (χ3n) is 10.7. The van der Waals surface area contributed by atoms with Gasteiger partial charge in [-0.15, -0.1) is 0 Å². The van der Waals surface area contributed by atoms with Gasteiger partial charge in [-0.2, -0.15) is 0 Å². The minimum Gasteiger partial charge on any atom is -0.481 e. The molecule has 2 aromatic heterocycles. The molecule has 0 aromatic carbocycles. The number of aromatic nitrogens is 2. The molecule has 7 rings (SSSR count). The number of aliphatic carboxylic acids is 1. The van der Waals surface area contributed by atoms with Crippen LogP contribution in [0.5, 0.6) is 0 Å². The molecule has 3 heterocycles. The molecule has 0 radical (unpaired) electrons. The fourth-order valence-corrected chi connectivity index (χ4v) is 9.31. The predicted octanol–water partition coefficient (Wildman–Crippen LogP) is 3.97. The van der Waals surface area contributed by atoms with E-state index in [0.717, 1.165) is 48.6 Å². The standard InChI is InChI=1S/C28H36N4O3/c1-26(25(34)35)6-3-7-31(17-26)13-21-14-32-22(4-2-5-23(32)30-21)24(33)29-16-27-10-18-8-19-9-20(12-27)28(19,11-18)15-27/h2,4-5,14,18-20H,3,6-13,15-17H2,1H3,(H,29,33)(H,34,35). The van der Waals surface area contributed by atoms with E-state index in [1.165, 1.54) is 38.5 Å². The molecule has 6 atom stereocenters. The van der Waals surface area contributed by atoms with E-state index in [2.05, 4.69) is 10.2 Å². The Balaban J connectivity index is 1.06. The molecule has 2 aromatic rings. The summed E-state index contributed by atoms with van der Waals surface area (Å²) in [6, 6.07) is 5.72. The number of pyridine rings is 1. The second-order valence-electron chi connectivity index (χ2n) is 13.0. The van der Waals surface area contributed by atoms with Crippen molar-refractivity contribution in [1.82, 2.24) is 19.6 Å². The minimum atomic E-state index is -0.730. The Kier molecular flexibility index (Phi) is 4.56. The highest BCUT2D eigenvalue weighted by atomic mass is 16.4. The van der Waals surface area contributed by atoms with Gasteiger partial charge in [0, 0.05) is 25.8 Å². The average molecular weight is 477 g/mol. The second-order valence-corrected chi connectivity index (χ2v) is 13.0. The number of carbonyl (C=O) groups excluding carboxylic acids is 1. The number of amides is 1. The van der Waals surface area contributed by atoms with Crippen molar-refractivity contribution in [3.8, 4) is 0 Å². The van der Waals surface area contributed by atoms with Gasteiger partial charge in [0.15, 0.2) is 0 Å². The number of nitrogens with zero attached hydrogens (tertiary/aromatic N) is 3. The molecule has 4 saturated carbocycles. The lowest BCUT2D eigenvalue weighted by Gasteiger charge is -2.49. The van der Waals surface area contributed by atoms with Crippen molar-refractivity contribution in [1.29, 1.82) is 0 Å². The first kappa shape index (κ1) is 21.8. The van der Waals surface area contributed by atoms with Gasteiger partial charge < -0.3 is 10.4 Å². The molecule has 2 N–H and O–H groups in total. The van der Waals surface area contributed by atoms with Gasteiger partial charge in [-0.05, 0) is 106 Å². The van der Waals surface area contributed by atoms with E-state index in [-0.39, 0.29) is 5.91 Å². The van der Waals surface area contributed by atoms with Crippen LogP contribution in [0.1, 0.15) is 74.5 Å². The van der Waals surface area contributed by atoms with E-state index in [4.69, 9.17) is 4.98 Å². The van der Waals surface area contributed by atoms with Gasteiger partial charge in [-0.25, -0.2) is 4.98 Å². The molecule has 35 heavy (non-hydrogen) atoms. The van der Waals surface area contributed by atoms with Crippen LogP contribution >= 0.6 is 0 Å². The smallest absolute Gasteiger partial charge is 0.310 e. The van der Waals surface area contributed by atoms with E-state index >= 15 is 0 Å². The Morgan fingerprint density at radius 2 is 2.09 bits per heavy atom. The summed E-state index contributed by atoms with van der Waals surface area (Å²) in [6.45, 7) is 4.63. The highest BCUT2D eigenvalue weighted by Crippen LogP contribution is 2.78. The zero-order valence-corrected chi connectivity index (χ0v) is 20.6. The summed E-state index contributed by atoms with van der Waals surface area (Å²) in [5.74, 6) is 2.03.